The normalized spacial score (nSPS) is 36.0. The molecule has 0 heterocycles. The molecule has 0 nitrogen and oxygen atoms in total. The summed E-state index contributed by atoms with van der Waals surface area (Å²) in [4.78, 5) is 0. The molecule has 3 rings (SSSR count). The van der Waals surface area contributed by atoms with Crippen molar-refractivity contribution in [2.75, 3.05) is 0 Å². The van der Waals surface area contributed by atoms with E-state index in [1.54, 1.807) is 19.3 Å². The summed E-state index contributed by atoms with van der Waals surface area (Å²) in [6.07, 6.45) is 4.75. The molecule has 0 spiro atoms. The van der Waals surface area contributed by atoms with Gasteiger partial charge in [-0.15, -0.1) is 0 Å². The Morgan fingerprint density at radius 2 is 0.875 bits per heavy atom. The fourth-order valence-corrected chi connectivity index (χ4v) is 1.21. The van der Waals surface area contributed by atoms with Crippen LogP contribution in [0.5, 0.6) is 0 Å². The van der Waals surface area contributed by atoms with Crippen LogP contribution in [0.2, 0.25) is 0 Å². The summed E-state index contributed by atoms with van der Waals surface area (Å²) in [5.74, 6) is 2.42. The third-order valence-corrected chi connectivity index (χ3v) is 2.00. The van der Waals surface area contributed by atoms with Gasteiger partial charge >= 0.3 is 0 Å². The molecule has 0 aromatic heterocycles. The molecule has 3 saturated carbocycles. The monoisotopic (exact) mass is 187 g/mol. The predicted octanol–water partition coefficient (Wildman–Crippen LogP) is 2.31. The van der Waals surface area contributed by atoms with Crippen molar-refractivity contribution in [2.45, 2.75) is 19.3 Å². The molecule has 47 valence electrons. The van der Waals surface area contributed by atoms with Crippen LogP contribution in [0, 0.1) is 26.7 Å². The quantitative estimate of drug-likeness (QED) is 0.510. The molecule has 3 fully saturated rings. The van der Waals surface area contributed by atoms with Crippen molar-refractivity contribution in [3.63, 3.8) is 0 Å². The second-order valence-corrected chi connectivity index (χ2v) is 2.44. The SMILES string of the molecule is C1C2CC1C2.[CH3-].[CH3-].[Y]. The molecule has 1 radical (unpaired) electrons. The summed E-state index contributed by atoms with van der Waals surface area (Å²) >= 11 is 0. The zero-order valence-electron chi connectivity index (χ0n) is 5.85. The molecule has 1 heteroatoms. The van der Waals surface area contributed by atoms with Gasteiger partial charge in [0.25, 0.3) is 0 Å². The Balaban J connectivity index is 0. The Morgan fingerprint density at radius 1 is 0.750 bits per heavy atom. The zero-order chi connectivity index (χ0) is 3.28. The topological polar surface area (TPSA) is 0 Å². The molecule has 3 aliphatic carbocycles. The largest absolute Gasteiger partial charge is 0.358 e. The van der Waals surface area contributed by atoms with Crippen molar-refractivity contribution in [2.24, 2.45) is 11.8 Å². The smallest absolute Gasteiger partial charge is 0 e. The Morgan fingerprint density at radius 3 is 0.875 bits per heavy atom. The van der Waals surface area contributed by atoms with Gasteiger partial charge in [-0.1, -0.05) is 0 Å². The molecule has 3 aliphatic rings. The van der Waals surface area contributed by atoms with Crippen LogP contribution in [0.4, 0.5) is 0 Å². The first-order valence-electron chi connectivity index (χ1n) is 2.45. The van der Waals surface area contributed by atoms with Crippen LogP contribution in [-0.4, -0.2) is 0 Å². The van der Waals surface area contributed by atoms with E-state index in [-0.39, 0.29) is 47.6 Å². The molecular weight excluding hydrogens is 173 g/mol. The minimum absolute atomic E-state index is 0. The van der Waals surface area contributed by atoms with Gasteiger partial charge in [0.15, 0.2) is 0 Å². The Bertz CT molecular complexity index is 41.1. The zero-order valence-corrected chi connectivity index (χ0v) is 8.69. The van der Waals surface area contributed by atoms with Crippen molar-refractivity contribution in [1.82, 2.24) is 0 Å². The summed E-state index contributed by atoms with van der Waals surface area (Å²) in [6.45, 7) is 0. The minimum Gasteiger partial charge on any atom is -0.358 e. The van der Waals surface area contributed by atoms with Crippen LogP contribution < -0.4 is 0 Å². The maximum absolute atomic E-state index is 1.58. The molecule has 0 aromatic carbocycles. The molecule has 0 amide bonds. The summed E-state index contributed by atoms with van der Waals surface area (Å²) in [5, 5.41) is 0. The van der Waals surface area contributed by atoms with Gasteiger partial charge in [0, 0.05) is 32.7 Å². The molecule has 0 saturated heterocycles. The molecule has 8 heavy (non-hydrogen) atoms. The Kier molecular flexibility index (Phi) is 5.93. The third-order valence-electron chi connectivity index (χ3n) is 2.00. The van der Waals surface area contributed by atoms with E-state index >= 15 is 0 Å². The fraction of sp³-hybridized carbons (Fsp3) is 0.714. The van der Waals surface area contributed by atoms with Gasteiger partial charge in [-0.2, -0.15) is 0 Å². The average molecular weight is 187 g/mol. The third kappa shape index (κ3) is 1.54. The van der Waals surface area contributed by atoms with Gasteiger partial charge in [0.05, 0.1) is 0 Å². The second kappa shape index (κ2) is 4.01. The van der Waals surface area contributed by atoms with Crippen molar-refractivity contribution in [1.29, 1.82) is 0 Å². The van der Waals surface area contributed by atoms with Crippen LogP contribution >= 0.6 is 0 Å². The van der Waals surface area contributed by atoms with Gasteiger partial charge in [-0.3, -0.25) is 0 Å². The van der Waals surface area contributed by atoms with Gasteiger partial charge in [0.2, 0.25) is 0 Å². The van der Waals surface area contributed by atoms with Crippen molar-refractivity contribution in [3.05, 3.63) is 14.9 Å². The molecule has 0 aromatic rings. The van der Waals surface area contributed by atoms with Crippen LogP contribution in [0.1, 0.15) is 19.3 Å². The van der Waals surface area contributed by atoms with Crippen LogP contribution in [0.25, 0.3) is 0 Å². The Labute approximate surface area is 78.3 Å². The van der Waals surface area contributed by atoms with Crippen LogP contribution in [0.3, 0.4) is 0 Å². The van der Waals surface area contributed by atoms with Gasteiger partial charge in [-0.25, -0.2) is 0 Å². The van der Waals surface area contributed by atoms with Crippen molar-refractivity contribution in [3.8, 4) is 0 Å². The van der Waals surface area contributed by atoms with Gasteiger partial charge < -0.3 is 14.9 Å². The van der Waals surface area contributed by atoms with E-state index in [1.165, 1.54) is 11.8 Å². The summed E-state index contributed by atoms with van der Waals surface area (Å²) in [7, 11) is 0. The fourth-order valence-electron chi connectivity index (χ4n) is 1.21. The molecular formula is C7H14Y-2. The van der Waals surface area contributed by atoms with E-state index in [0.717, 1.165) is 0 Å². The van der Waals surface area contributed by atoms with E-state index in [0.29, 0.717) is 0 Å². The van der Waals surface area contributed by atoms with Crippen molar-refractivity contribution >= 4 is 0 Å². The number of rotatable bonds is 0. The first kappa shape index (κ1) is 11.8. The Hall–Kier alpha value is 1.10. The van der Waals surface area contributed by atoms with E-state index in [1.807, 2.05) is 0 Å². The maximum atomic E-state index is 1.58. The molecule has 0 aliphatic heterocycles. The standard InChI is InChI=1S/C5H8.2CH3.Y/c1-4-2-5(1)3-4;;;/h4-5H,1-3H2;2*1H3;/q;2*-1;. The predicted molar refractivity (Wildman–Crippen MR) is 33.7 cm³/mol. The van der Waals surface area contributed by atoms with E-state index in [9.17, 15) is 0 Å². The van der Waals surface area contributed by atoms with E-state index in [2.05, 4.69) is 0 Å². The van der Waals surface area contributed by atoms with Gasteiger partial charge in [0.1, 0.15) is 0 Å². The first-order valence-corrected chi connectivity index (χ1v) is 2.45. The summed E-state index contributed by atoms with van der Waals surface area (Å²) < 4.78 is 0. The number of hydrogen-bond donors (Lipinski definition) is 0. The molecule has 2 bridgehead atoms. The average Bonchev–Trinajstić information content (AvgIpc) is 0.592. The van der Waals surface area contributed by atoms with Crippen LogP contribution in [-0.2, 0) is 32.7 Å². The van der Waals surface area contributed by atoms with Crippen molar-refractivity contribution < 1.29 is 32.7 Å². The summed E-state index contributed by atoms with van der Waals surface area (Å²) in [5.41, 5.74) is 0. The van der Waals surface area contributed by atoms with Gasteiger partial charge in [-0.05, 0) is 31.1 Å². The van der Waals surface area contributed by atoms with Crippen LogP contribution in [0.15, 0.2) is 0 Å². The molecule has 0 N–H and O–H groups in total. The summed E-state index contributed by atoms with van der Waals surface area (Å²) in [6, 6.07) is 0. The van der Waals surface area contributed by atoms with E-state index < -0.39 is 0 Å². The first-order chi connectivity index (χ1) is 2.45. The minimum atomic E-state index is 0. The van der Waals surface area contributed by atoms with E-state index in [4.69, 9.17) is 0 Å². The second-order valence-electron chi connectivity index (χ2n) is 2.44. The maximum Gasteiger partial charge on any atom is 0 e. The number of hydrogen-bond acceptors (Lipinski definition) is 0. The molecule has 0 atom stereocenters. The molecule has 0 unspecified atom stereocenters.